The summed E-state index contributed by atoms with van der Waals surface area (Å²) in [7, 11) is 0. The molecule has 0 aromatic heterocycles. The topological polar surface area (TPSA) is 29.5 Å². The number of rotatable bonds is 2. The number of hydrogen-bond acceptors (Lipinski definition) is 3. The van der Waals surface area contributed by atoms with E-state index in [0.29, 0.717) is 5.92 Å². The molecule has 2 aromatic carbocycles. The number of benzene rings is 2. The van der Waals surface area contributed by atoms with Crippen LogP contribution in [0.3, 0.4) is 0 Å². The molecule has 3 heterocycles. The summed E-state index contributed by atoms with van der Waals surface area (Å²) >= 11 is 0. The van der Waals surface area contributed by atoms with E-state index < -0.39 is 0 Å². The molecule has 3 heteroatoms. The molecule has 0 N–H and O–H groups in total. The zero-order valence-corrected chi connectivity index (χ0v) is 14.8. The predicted octanol–water partition coefficient (Wildman–Crippen LogP) is 3.94. The van der Waals surface area contributed by atoms with Crippen molar-refractivity contribution in [2.75, 3.05) is 19.6 Å². The molecule has 0 spiro atoms. The van der Waals surface area contributed by atoms with E-state index >= 15 is 0 Å². The molecule has 0 unspecified atom stereocenters. The van der Waals surface area contributed by atoms with Gasteiger partial charge in [-0.2, -0.15) is 0 Å². The lowest BCUT2D eigenvalue weighted by Crippen LogP contribution is -2.52. The number of nitrogens with zero attached hydrogens (tertiary/aromatic N) is 1. The lowest BCUT2D eigenvalue weighted by molar-refractivity contribution is -0.159. The highest BCUT2D eigenvalue weighted by Crippen LogP contribution is 2.37. The Morgan fingerprint density at radius 1 is 0.885 bits per heavy atom. The normalized spacial score (nSPS) is 26.7. The molecule has 1 atom stereocenters. The number of ether oxygens (including phenoxy) is 1. The van der Waals surface area contributed by atoms with Crippen molar-refractivity contribution < 1.29 is 9.53 Å². The van der Waals surface area contributed by atoms with Crippen LogP contribution in [0.25, 0.3) is 12.2 Å². The number of carbonyl (C=O) groups excluding carboxylic acids is 1. The van der Waals surface area contributed by atoms with Gasteiger partial charge in [-0.25, -0.2) is 0 Å². The molecule has 26 heavy (non-hydrogen) atoms. The predicted molar refractivity (Wildman–Crippen MR) is 103 cm³/mol. The number of piperidine rings is 3. The summed E-state index contributed by atoms with van der Waals surface area (Å²) in [5.74, 6) is 0.0681. The Bertz CT molecular complexity index is 815. The molecular formula is C23H23NO2. The Morgan fingerprint density at radius 2 is 1.46 bits per heavy atom. The fraction of sp³-hybridized carbons (Fsp3) is 0.348. The summed E-state index contributed by atoms with van der Waals surface area (Å²) in [5.41, 5.74) is 4.28. The van der Waals surface area contributed by atoms with Gasteiger partial charge in [-0.3, -0.25) is 9.69 Å². The van der Waals surface area contributed by atoms with Gasteiger partial charge >= 0.3 is 5.97 Å². The van der Waals surface area contributed by atoms with Crippen LogP contribution in [0, 0.1) is 5.92 Å². The van der Waals surface area contributed by atoms with Gasteiger partial charge in [-0.1, -0.05) is 60.7 Å². The van der Waals surface area contributed by atoms with Gasteiger partial charge in [-0.05, 0) is 54.1 Å². The molecule has 4 aliphatic rings. The molecule has 1 aliphatic carbocycles. The fourth-order valence-corrected chi connectivity index (χ4v) is 4.71. The van der Waals surface area contributed by atoms with Gasteiger partial charge in [0.2, 0.25) is 0 Å². The summed E-state index contributed by atoms with van der Waals surface area (Å²) in [6.45, 7) is 3.19. The molecule has 0 amide bonds. The standard InChI is InChI=1S/C23H23NO2/c25-23(26-21-15-24-13-11-18(21)12-14-24)22-19-7-3-1-5-16(19)9-10-17-6-2-4-8-20(17)22/h1-10,18,21-22H,11-15H2/t21-/m1/s1. The minimum Gasteiger partial charge on any atom is -0.460 e. The van der Waals surface area contributed by atoms with E-state index in [1.54, 1.807) is 0 Å². The monoisotopic (exact) mass is 345 g/mol. The summed E-state index contributed by atoms with van der Waals surface area (Å²) in [5, 5.41) is 0. The highest BCUT2D eigenvalue weighted by atomic mass is 16.5. The van der Waals surface area contributed by atoms with Crippen LogP contribution in [0.5, 0.6) is 0 Å². The Labute approximate surface area is 154 Å². The number of hydrogen-bond donors (Lipinski definition) is 0. The first-order chi connectivity index (χ1) is 12.8. The van der Waals surface area contributed by atoms with Crippen molar-refractivity contribution in [3.8, 4) is 0 Å². The summed E-state index contributed by atoms with van der Waals surface area (Å²) < 4.78 is 6.13. The van der Waals surface area contributed by atoms with Crippen molar-refractivity contribution in [3.05, 3.63) is 70.8 Å². The molecule has 3 fully saturated rings. The first-order valence-electron chi connectivity index (χ1n) is 9.58. The van der Waals surface area contributed by atoms with Gasteiger partial charge in [0.05, 0.1) is 0 Å². The molecule has 0 saturated carbocycles. The van der Waals surface area contributed by atoms with E-state index in [1.165, 1.54) is 0 Å². The SMILES string of the molecule is O=C(O[C@@H]1CN2CCC1CC2)C1c2ccccc2C=Cc2ccccc21. The zero-order valence-electron chi connectivity index (χ0n) is 14.8. The van der Waals surface area contributed by atoms with Crippen molar-refractivity contribution in [3.63, 3.8) is 0 Å². The van der Waals surface area contributed by atoms with Crippen LogP contribution in [0.15, 0.2) is 48.5 Å². The Balaban J connectivity index is 1.51. The molecule has 0 radical (unpaired) electrons. The highest BCUT2D eigenvalue weighted by Gasteiger charge is 2.38. The molecule has 2 bridgehead atoms. The molecular weight excluding hydrogens is 322 g/mol. The van der Waals surface area contributed by atoms with Crippen LogP contribution in [-0.2, 0) is 9.53 Å². The minimum atomic E-state index is -0.354. The first kappa shape index (κ1) is 15.8. The quantitative estimate of drug-likeness (QED) is 0.772. The average molecular weight is 345 g/mol. The maximum atomic E-state index is 13.4. The highest BCUT2D eigenvalue weighted by molar-refractivity contribution is 5.89. The summed E-state index contributed by atoms with van der Waals surface area (Å²) in [6.07, 6.45) is 6.56. The summed E-state index contributed by atoms with van der Waals surface area (Å²) in [6, 6.07) is 16.3. The largest absolute Gasteiger partial charge is 0.460 e. The third-order valence-electron chi connectivity index (χ3n) is 6.16. The fourth-order valence-electron chi connectivity index (χ4n) is 4.71. The van der Waals surface area contributed by atoms with Crippen molar-refractivity contribution in [1.29, 1.82) is 0 Å². The van der Waals surface area contributed by atoms with E-state index in [0.717, 1.165) is 54.7 Å². The molecule has 3 nitrogen and oxygen atoms in total. The third kappa shape index (κ3) is 2.67. The van der Waals surface area contributed by atoms with Crippen LogP contribution >= 0.6 is 0 Å². The second-order valence-electron chi connectivity index (χ2n) is 7.64. The maximum Gasteiger partial charge on any atom is 0.318 e. The van der Waals surface area contributed by atoms with Crippen LogP contribution in [0.1, 0.15) is 41.0 Å². The summed E-state index contributed by atoms with van der Waals surface area (Å²) in [4.78, 5) is 15.8. The number of esters is 1. The van der Waals surface area contributed by atoms with Gasteiger partial charge in [0.1, 0.15) is 12.0 Å². The van der Waals surface area contributed by atoms with Crippen molar-refractivity contribution in [2.24, 2.45) is 5.92 Å². The van der Waals surface area contributed by atoms with Gasteiger partial charge < -0.3 is 4.74 Å². The Hall–Kier alpha value is -2.39. The van der Waals surface area contributed by atoms with E-state index in [9.17, 15) is 4.79 Å². The van der Waals surface area contributed by atoms with Crippen LogP contribution < -0.4 is 0 Å². The van der Waals surface area contributed by atoms with E-state index in [4.69, 9.17) is 4.74 Å². The number of carbonyl (C=O) groups is 1. The van der Waals surface area contributed by atoms with Crippen molar-refractivity contribution in [1.82, 2.24) is 4.90 Å². The molecule has 132 valence electrons. The lowest BCUT2D eigenvalue weighted by atomic mass is 9.85. The average Bonchev–Trinajstić information content (AvgIpc) is 2.86. The maximum absolute atomic E-state index is 13.4. The van der Waals surface area contributed by atoms with Crippen LogP contribution in [0.4, 0.5) is 0 Å². The molecule has 6 rings (SSSR count). The van der Waals surface area contributed by atoms with Gasteiger partial charge in [0.15, 0.2) is 0 Å². The van der Waals surface area contributed by atoms with Gasteiger partial charge in [0, 0.05) is 6.54 Å². The zero-order chi connectivity index (χ0) is 17.5. The smallest absolute Gasteiger partial charge is 0.318 e. The van der Waals surface area contributed by atoms with E-state index in [1.807, 2.05) is 24.3 Å². The molecule has 3 saturated heterocycles. The number of fused-ring (bicyclic) bond motifs is 5. The van der Waals surface area contributed by atoms with Crippen molar-refractivity contribution >= 4 is 18.1 Å². The lowest BCUT2D eigenvalue weighted by Gasteiger charge is -2.44. The van der Waals surface area contributed by atoms with Gasteiger partial charge in [-0.15, -0.1) is 0 Å². The second kappa shape index (κ2) is 6.40. The first-order valence-corrected chi connectivity index (χ1v) is 9.58. The Morgan fingerprint density at radius 3 is 2.00 bits per heavy atom. The van der Waals surface area contributed by atoms with Crippen molar-refractivity contribution in [2.45, 2.75) is 24.9 Å². The van der Waals surface area contributed by atoms with E-state index in [2.05, 4.69) is 41.3 Å². The minimum absolute atomic E-state index is 0.0422. The van der Waals surface area contributed by atoms with Gasteiger partial charge in [0.25, 0.3) is 0 Å². The molecule has 3 aliphatic heterocycles. The Kier molecular flexibility index (Phi) is 3.90. The van der Waals surface area contributed by atoms with E-state index in [-0.39, 0.29) is 18.0 Å². The second-order valence-corrected chi connectivity index (χ2v) is 7.64. The van der Waals surface area contributed by atoms with Crippen LogP contribution in [-0.4, -0.2) is 36.6 Å². The van der Waals surface area contributed by atoms with Crippen LogP contribution in [0.2, 0.25) is 0 Å². The molecule has 2 aromatic rings. The third-order valence-corrected chi connectivity index (χ3v) is 6.16.